The zero-order chi connectivity index (χ0) is 13.8. The number of aromatic nitrogens is 1. The summed E-state index contributed by atoms with van der Waals surface area (Å²) in [6, 6.07) is 0.570. The Morgan fingerprint density at radius 2 is 2.16 bits per heavy atom. The zero-order valence-electron chi connectivity index (χ0n) is 11.6. The second-order valence-electron chi connectivity index (χ2n) is 5.58. The fraction of sp³-hybridized carbons (Fsp3) is 0.714. The molecule has 0 unspecified atom stereocenters. The Labute approximate surface area is 124 Å². The molecule has 0 amide bonds. The Balaban J connectivity index is 2.16. The zero-order valence-corrected chi connectivity index (χ0v) is 13.1. The highest BCUT2D eigenvalue weighted by Gasteiger charge is 2.25. The summed E-state index contributed by atoms with van der Waals surface area (Å²) in [5, 5.41) is 1.27. The summed E-state index contributed by atoms with van der Waals surface area (Å²) < 4.78 is 0. The molecule has 1 heterocycles. The molecule has 0 aromatic carbocycles. The summed E-state index contributed by atoms with van der Waals surface area (Å²) in [7, 11) is 0. The van der Waals surface area contributed by atoms with Gasteiger partial charge in [0.2, 0.25) is 0 Å². The standard InChI is InChI=1S/C14H21ClN2OS/c1-10(2)7-8-17(11-5-3-4-6-11)14-16-13(15)12(9-18)19-14/h9-11H,3-8H2,1-2H3. The molecule has 1 aromatic heterocycles. The largest absolute Gasteiger partial charge is 0.345 e. The number of rotatable bonds is 6. The van der Waals surface area contributed by atoms with E-state index in [0.717, 1.165) is 24.4 Å². The van der Waals surface area contributed by atoms with Gasteiger partial charge < -0.3 is 4.90 Å². The first-order valence-corrected chi connectivity index (χ1v) is 8.19. The predicted octanol–water partition coefficient (Wildman–Crippen LogP) is 4.40. The van der Waals surface area contributed by atoms with Gasteiger partial charge in [-0.2, -0.15) is 0 Å². The van der Waals surface area contributed by atoms with Gasteiger partial charge in [0, 0.05) is 12.6 Å². The number of carbonyl (C=O) groups is 1. The van der Waals surface area contributed by atoms with Crippen molar-refractivity contribution in [3.8, 4) is 0 Å². The molecule has 0 aliphatic heterocycles. The van der Waals surface area contributed by atoms with Crippen molar-refractivity contribution in [2.75, 3.05) is 11.4 Å². The van der Waals surface area contributed by atoms with Gasteiger partial charge in [-0.25, -0.2) is 4.98 Å². The van der Waals surface area contributed by atoms with Crippen LogP contribution in [0.5, 0.6) is 0 Å². The van der Waals surface area contributed by atoms with Gasteiger partial charge in [-0.3, -0.25) is 4.79 Å². The molecule has 0 bridgehead atoms. The molecule has 0 N–H and O–H groups in total. The fourth-order valence-electron chi connectivity index (χ4n) is 2.55. The predicted molar refractivity (Wildman–Crippen MR) is 81.6 cm³/mol. The molecule has 0 radical (unpaired) electrons. The van der Waals surface area contributed by atoms with E-state index in [0.29, 0.717) is 22.0 Å². The molecule has 1 fully saturated rings. The van der Waals surface area contributed by atoms with Crippen molar-refractivity contribution < 1.29 is 4.79 Å². The van der Waals surface area contributed by atoms with E-state index in [2.05, 4.69) is 23.7 Å². The van der Waals surface area contributed by atoms with E-state index < -0.39 is 0 Å². The minimum Gasteiger partial charge on any atom is -0.345 e. The average Bonchev–Trinajstić information content (AvgIpc) is 2.99. The van der Waals surface area contributed by atoms with Crippen LogP contribution in [0.3, 0.4) is 0 Å². The first-order chi connectivity index (χ1) is 9.11. The van der Waals surface area contributed by atoms with E-state index in [1.807, 2.05) is 0 Å². The van der Waals surface area contributed by atoms with Crippen molar-refractivity contribution >= 4 is 34.4 Å². The maximum Gasteiger partial charge on any atom is 0.187 e. The highest BCUT2D eigenvalue weighted by Crippen LogP contribution is 2.34. The topological polar surface area (TPSA) is 33.2 Å². The number of thiazole rings is 1. The van der Waals surface area contributed by atoms with Gasteiger partial charge in [-0.05, 0) is 25.2 Å². The lowest BCUT2D eigenvalue weighted by molar-refractivity contribution is 0.112. The van der Waals surface area contributed by atoms with Crippen LogP contribution in [0.25, 0.3) is 0 Å². The van der Waals surface area contributed by atoms with Gasteiger partial charge in [0.15, 0.2) is 16.6 Å². The third kappa shape index (κ3) is 3.69. The third-order valence-corrected chi connectivity index (χ3v) is 5.08. The second-order valence-corrected chi connectivity index (χ2v) is 6.95. The van der Waals surface area contributed by atoms with Crippen molar-refractivity contribution in [3.63, 3.8) is 0 Å². The monoisotopic (exact) mass is 300 g/mol. The minimum atomic E-state index is 0.350. The molecule has 0 saturated heterocycles. The van der Waals surface area contributed by atoms with Crippen molar-refractivity contribution in [1.29, 1.82) is 0 Å². The van der Waals surface area contributed by atoms with Crippen LogP contribution in [0.2, 0.25) is 5.15 Å². The maximum absolute atomic E-state index is 10.9. The van der Waals surface area contributed by atoms with Gasteiger partial charge in [0.1, 0.15) is 4.88 Å². The number of nitrogens with zero attached hydrogens (tertiary/aromatic N) is 2. The Kier molecular flexibility index (Phi) is 5.22. The van der Waals surface area contributed by atoms with E-state index in [1.165, 1.54) is 37.0 Å². The summed E-state index contributed by atoms with van der Waals surface area (Å²) in [4.78, 5) is 18.2. The smallest absolute Gasteiger partial charge is 0.187 e. The fourth-order valence-corrected chi connectivity index (χ4v) is 3.71. The van der Waals surface area contributed by atoms with Gasteiger partial charge in [-0.15, -0.1) is 0 Å². The average molecular weight is 301 g/mol. The first-order valence-electron chi connectivity index (χ1n) is 7.00. The lowest BCUT2D eigenvalue weighted by Gasteiger charge is -2.29. The number of carbonyl (C=O) groups excluding carboxylic acids is 1. The molecule has 3 nitrogen and oxygen atoms in total. The summed E-state index contributed by atoms with van der Waals surface area (Å²) in [6.45, 7) is 5.47. The molecule has 5 heteroatoms. The minimum absolute atomic E-state index is 0.350. The summed E-state index contributed by atoms with van der Waals surface area (Å²) >= 11 is 7.42. The lowest BCUT2D eigenvalue weighted by Crippen LogP contribution is -2.34. The molecule has 106 valence electrons. The molecule has 0 spiro atoms. The number of hydrogen-bond acceptors (Lipinski definition) is 4. The molecule has 1 aliphatic carbocycles. The van der Waals surface area contributed by atoms with Crippen LogP contribution in [0, 0.1) is 5.92 Å². The molecule has 1 aromatic rings. The SMILES string of the molecule is CC(C)CCN(c1nc(Cl)c(C=O)s1)C1CCCC1. The van der Waals surface area contributed by atoms with Crippen LogP contribution >= 0.6 is 22.9 Å². The van der Waals surface area contributed by atoms with Crippen LogP contribution in [0.15, 0.2) is 0 Å². The molecule has 1 saturated carbocycles. The highest BCUT2D eigenvalue weighted by molar-refractivity contribution is 7.17. The molecular weight excluding hydrogens is 280 g/mol. The maximum atomic E-state index is 10.9. The van der Waals surface area contributed by atoms with Crippen LogP contribution in [-0.2, 0) is 0 Å². The van der Waals surface area contributed by atoms with Crippen molar-refractivity contribution in [3.05, 3.63) is 10.0 Å². The van der Waals surface area contributed by atoms with Gasteiger partial charge in [-0.1, -0.05) is 49.6 Å². The molecule has 0 atom stereocenters. The Morgan fingerprint density at radius 3 is 2.68 bits per heavy atom. The Hall–Kier alpha value is -0.610. The summed E-state index contributed by atoms with van der Waals surface area (Å²) in [5.41, 5.74) is 0. The van der Waals surface area contributed by atoms with Crippen molar-refractivity contribution in [2.45, 2.75) is 52.0 Å². The van der Waals surface area contributed by atoms with Crippen LogP contribution in [-0.4, -0.2) is 23.9 Å². The van der Waals surface area contributed by atoms with E-state index >= 15 is 0 Å². The number of hydrogen-bond donors (Lipinski definition) is 0. The van der Waals surface area contributed by atoms with Gasteiger partial charge >= 0.3 is 0 Å². The van der Waals surface area contributed by atoms with Gasteiger partial charge in [0.05, 0.1) is 0 Å². The van der Waals surface area contributed by atoms with Gasteiger partial charge in [0.25, 0.3) is 0 Å². The van der Waals surface area contributed by atoms with Crippen molar-refractivity contribution in [2.24, 2.45) is 5.92 Å². The molecular formula is C14H21ClN2OS. The number of anilines is 1. The lowest BCUT2D eigenvalue weighted by atomic mass is 10.1. The Morgan fingerprint density at radius 1 is 1.47 bits per heavy atom. The van der Waals surface area contributed by atoms with Crippen molar-refractivity contribution in [1.82, 2.24) is 4.98 Å². The van der Waals surface area contributed by atoms with E-state index in [9.17, 15) is 4.79 Å². The second kappa shape index (κ2) is 6.71. The summed E-state index contributed by atoms with van der Waals surface area (Å²) in [6.07, 6.45) is 6.99. The first kappa shape index (κ1) is 14.8. The molecule has 2 rings (SSSR count). The van der Waals surface area contributed by atoms with Crippen LogP contribution in [0.4, 0.5) is 5.13 Å². The third-order valence-electron chi connectivity index (χ3n) is 3.66. The van der Waals surface area contributed by atoms with E-state index in [1.54, 1.807) is 0 Å². The normalized spacial score (nSPS) is 16.2. The van der Waals surface area contributed by atoms with Crippen LogP contribution < -0.4 is 4.90 Å². The highest BCUT2D eigenvalue weighted by atomic mass is 35.5. The Bertz CT molecular complexity index is 427. The van der Waals surface area contributed by atoms with E-state index in [4.69, 9.17) is 11.6 Å². The quantitative estimate of drug-likeness (QED) is 0.730. The number of aldehydes is 1. The number of halogens is 1. The molecule has 19 heavy (non-hydrogen) atoms. The van der Waals surface area contributed by atoms with E-state index in [-0.39, 0.29) is 0 Å². The summed E-state index contributed by atoms with van der Waals surface area (Å²) in [5.74, 6) is 0.671. The van der Waals surface area contributed by atoms with Crippen LogP contribution in [0.1, 0.15) is 55.6 Å². The molecule has 1 aliphatic rings.